The van der Waals surface area contributed by atoms with Crippen LogP contribution in [0, 0.1) is 17.6 Å². The Kier molecular flexibility index (Phi) is 2.90. The maximum atomic E-state index is 13.5. The second kappa shape index (κ2) is 4.20. The molecule has 4 heteroatoms. The minimum Gasteiger partial charge on any atom is -0.481 e. The van der Waals surface area contributed by atoms with Gasteiger partial charge in [0.05, 0.1) is 5.92 Å². The van der Waals surface area contributed by atoms with Gasteiger partial charge in [-0.1, -0.05) is 12.5 Å². The highest BCUT2D eigenvalue weighted by Gasteiger charge is 2.35. The summed E-state index contributed by atoms with van der Waals surface area (Å²) < 4.78 is 26.2. The van der Waals surface area contributed by atoms with Crippen molar-refractivity contribution in [3.8, 4) is 0 Å². The van der Waals surface area contributed by atoms with Crippen molar-refractivity contribution in [3.05, 3.63) is 35.4 Å². The molecule has 1 aromatic rings. The molecule has 1 N–H and O–H groups in total. The highest BCUT2D eigenvalue weighted by atomic mass is 19.1. The molecular formula is C12H12F2O2. The van der Waals surface area contributed by atoms with Crippen molar-refractivity contribution >= 4 is 5.97 Å². The summed E-state index contributed by atoms with van der Waals surface area (Å²) >= 11 is 0. The van der Waals surface area contributed by atoms with Crippen LogP contribution < -0.4 is 0 Å². The maximum Gasteiger partial charge on any atom is 0.307 e. The number of carbonyl (C=O) groups is 1. The lowest BCUT2D eigenvalue weighted by atomic mass is 9.88. The summed E-state index contributed by atoms with van der Waals surface area (Å²) in [5.74, 6) is -3.03. The lowest BCUT2D eigenvalue weighted by molar-refractivity contribution is -0.142. The van der Waals surface area contributed by atoms with Gasteiger partial charge in [-0.25, -0.2) is 8.78 Å². The first-order chi connectivity index (χ1) is 7.59. The number of aliphatic carboxylic acids is 1. The summed E-state index contributed by atoms with van der Waals surface area (Å²) in [6.45, 7) is 0. The average Bonchev–Trinajstić information content (AvgIpc) is 2.66. The number of hydrogen-bond acceptors (Lipinski definition) is 1. The van der Waals surface area contributed by atoms with Gasteiger partial charge < -0.3 is 5.11 Å². The second-order valence-corrected chi connectivity index (χ2v) is 4.15. The van der Waals surface area contributed by atoms with Crippen molar-refractivity contribution in [2.24, 2.45) is 5.92 Å². The van der Waals surface area contributed by atoms with Crippen molar-refractivity contribution in [1.29, 1.82) is 0 Å². The topological polar surface area (TPSA) is 37.3 Å². The molecule has 2 nitrogen and oxygen atoms in total. The molecule has 1 aromatic carbocycles. The molecule has 0 bridgehead atoms. The van der Waals surface area contributed by atoms with E-state index < -0.39 is 23.5 Å². The molecule has 86 valence electrons. The fourth-order valence-corrected chi connectivity index (χ4v) is 2.43. The fourth-order valence-electron chi connectivity index (χ4n) is 2.43. The lowest BCUT2D eigenvalue weighted by Gasteiger charge is -2.16. The van der Waals surface area contributed by atoms with Gasteiger partial charge in [-0.05, 0) is 24.5 Å². The molecule has 0 spiro atoms. The number of halogens is 2. The van der Waals surface area contributed by atoms with Crippen LogP contribution in [0.4, 0.5) is 8.78 Å². The smallest absolute Gasteiger partial charge is 0.307 e. The van der Waals surface area contributed by atoms with Gasteiger partial charge in [0, 0.05) is 12.0 Å². The van der Waals surface area contributed by atoms with Crippen LogP contribution in [0.5, 0.6) is 0 Å². The Morgan fingerprint density at radius 2 is 2.06 bits per heavy atom. The Labute approximate surface area is 91.9 Å². The Morgan fingerprint density at radius 3 is 2.69 bits per heavy atom. The zero-order valence-electron chi connectivity index (χ0n) is 8.62. The molecule has 16 heavy (non-hydrogen) atoms. The van der Waals surface area contributed by atoms with Crippen molar-refractivity contribution in [2.45, 2.75) is 25.2 Å². The van der Waals surface area contributed by atoms with Gasteiger partial charge in [0.25, 0.3) is 0 Å². The van der Waals surface area contributed by atoms with E-state index in [0.29, 0.717) is 18.4 Å². The molecule has 1 aliphatic carbocycles. The Bertz CT molecular complexity index is 417. The highest BCUT2D eigenvalue weighted by molar-refractivity contribution is 5.71. The number of rotatable bonds is 2. The molecule has 0 amide bonds. The van der Waals surface area contributed by atoms with E-state index in [1.54, 1.807) is 0 Å². The van der Waals surface area contributed by atoms with E-state index in [4.69, 9.17) is 5.11 Å². The van der Waals surface area contributed by atoms with Gasteiger partial charge in [-0.2, -0.15) is 0 Å². The molecule has 0 saturated heterocycles. The van der Waals surface area contributed by atoms with E-state index in [2.05, 4.69) is 0 Å². The minimum atomic E-state index is -0.897. The number of carboxylic acids is 1. The van der Waals surface area contributed by atoms with Crippen LogP contribution in [0.15, 0.2) is 18.2 Å². The van der Waals surface area contributed by atoms with Crippen LogP contribution in [-0.4, -0.2) is 11.1 Å². The van der Waals surface area contributed by atoms with Gasteiger partial charge in [0.15, 0.2) is 0 Å². The van der Waals surface area contributed by atoms with Gasteiger partial charge in [0.1, 0.15) is 11.6 Å². The predicted molar refractivity (Wildman–Crippen MR) is 54.1 cm³/mol. The number of benzene rings is 1. The lowest BCUT2D eigenvalue weighted by Crippen LogP contribution is -2.17. The van der Waals surface area contributed by atoms with Crippen molar-refractivity contribution < 1.29 is 18.7 Å². The summed E-state index contributed by atoms with van der Waals surface area (Å²) in [5, 5.41) is 8.99. The van der Waals surface area contributed by atoms with Crippen molar-refractivity contribution in [1.82, 2.24) is 0 Å². The molecule has 2 unspecified atom stereocenters. The van der Waals surface area contributed by atoms with E-state index in [1.807, 2.05) is 0 Å². The molecule has 0 aliphatic heterocycles. The molecule has 1 aliphatic rings. The summed E-state index contributed by atoms with van der Waals surface area (Å²) in [4.78, 5) is 11.0. The molecule has 0 aromatic heterocycles. The zero-order chi connectivity index (χ0) is 11.7. The Balaban J connectivity index is 2.32. The van der Waals surface area contributed by atoms with Crippen LogP contribution in [0.3, 0.4) is 0 Å². The maximum absolute atomic E-state index is 13.5. The second-order valence-electron chi connectivity index (χ2n) is 4.15. The van der Waals surface area contributed by atoms with Gasteiger partial charge in [0.2, 0.25) is 0 Å². The summed E-state index contributed by atoms with van der Waals surface area (Å²) in [6.07, 6.45) is 1.99. The zero-order valence-corrected chi connectivity index (χ0v) is 8.62. The van der Waals surface area contributed by atoms with E-state index >= 15 is 0 Å². The molecule has 0 heterocycles. The predicted octanol–water partition coefficient (Wildman–Crippen LogP) is 2.93. The molecule has 2 atom stereocenters. The molecule has 0 radical (unpaired) electrons. The van der Waals surface area contributed by atoms with Crippen molar-refractivity contribution in [2.75, 3.05) is 0 Å². The van der Waals surface area contributed by atoms with Gasteiger partial charge >= 0.3 is 5.97 Å². The molecule has 1 saturated carbocycles. The minimum absolute atomic E-state index is 0.321. The summed E-state index contributed by atoms with van der Waals surface area (Å²) in [6, 6.07) is 3.35. The van der Waals surface area contributed by atoms with Crippen LogP contribution in [0.1, 0.15) is 30.7 Å². The van der Waals surface area contributed by atoms with E-state index in [0.717, 1.165) is 12.5 Å². The molecular weight excluding hydrogens is 214 g/mol. The first-order valence-electron chi connectivity index (χ1n) is 5.27. The first-order valence-corrected chi connectivity index (χ1v) is 5.27. The third kappa shape index (κ3) is 1.92. The Morgan fingerprint density at radius 1 is 1.31 bits per heavy atom. The third-order valence-electron chi connectivity index (χ3n) is 3.20. The van der Waals surface area contributed by atoms with Crippen LogP contribution >= 0.6 is 0 Å². The number of carboxylic acid groups (broad SMARTS) is 1. The quantitative estimate of drug-likeness (QED) is 0.841. The van der Waals surface area contributed by atoms with Crippen LogP contribution in [-0.2, 0) is 4.79 Å². The fraction of sp³-hybridized carbons (Fsp3) is 0.417. The van der Waals surface area contributed by atoms with Crippen molar-refractivity contribution in [3.63, 3.8) is 0 Å². The summed E-state index contributed by atoms with van der Waals surface area (Å²) in [7, 11) is 0. The van der Waals surface area contributed by atoms with E-state index in [9.17, 15) is 13.6 Å². The average molecular weight is 226 g/mol. The van der Waals surface area contributed by atoms with Gasteiger partial charge in [-0.3, -0.25) is 4.79 Å². The summed E-state index contributed by atoms with van der Waals surface area (Å²) in [5.41, 5.74) is 0.325. The normalized spacial score (nSPS) is 24.6. The highest BCUT2D eigenvalue weighted by Crippen LogP contribution is 2.40. The third-order valence-corrected chi connectivity index (χ3v) is 3.20. The molecule has 1 fully saturated rings. The van der Waals surface area contributed by atoms with Crippen LogP contribution in [0.25, 0.3) is 0 Å². The van der Waals surface area contributed by atoms with E-state index in [-0.39, 0.29) is 5.92 Å². The largest absolute Gasteiger partial charge is 0.481 e. The SMILES string of the molecule is O=C(O)C1CCCC1c1ccc(F)cc1F. The standard InChI is InChI=1S/C12H12F2O2/c13-7-4-5-9(11(14)6-7)8-2-1-3-10(8)12(15)16/h4-6,8,10H,1-3H2,(H,15,16). The van der Waals surface area contributed by atoms with Crippen LogP contribution in [0.2, 0.25) is 0 Å². The van der Waals surface area contributed by atoms with E-state index in [1.165, 1.54) is 12.1 Å². The molecule has 2 rings (SSSR count). The monoisotopic (exact) mass is 226 g/mol. The first kappa shape index (κ1) is 11.0. The van der Waals surface area contributed by atoms with Gasteiger partial charge in [-0.15, -0.1) is 0 Å². The number of hydrogen-bond donors (Lipinski definition) is 1. The Hall–Kier alpha value is -1.45.